The molecule has 4 atom stereocenters. The monoisotopic (exact) mass is 530 g/mol. The number of phenolic OH excluding ortho intramolecular Hbond substituents is 1. The number of ketones is 2. The first-order chi connectivity index (χ1) is 18.3. The van der Waals surface area contributed by atoms with Gasteiger partial charge in [0.2, 0.25) is 5.78 Å². The zero-order valence-electron chi connectivity index (χ0n) is 21.9. The number of primary amides is 1. The highest BCUT2D eigenvalue weighted by molar-refractivity contribution is 6.24. The molecule has 6 N–H and O–H groups in total. The molecule has 5 rings (SSSR count). The van der Waals surface area contributed by atoms with Crippen LogP contribution in [-0.2, 0) is 16.0 Å². The van der Waals surface area contributed by atoms with Crippen LogP contribution in [0, 0.1) is 11.8 Å². The van der Waals surface area contributed by atoms with Gasteiger partial charge in [-0.05, 0) is 74.2 Å². The molecule has 9 heteroatoms. The Labute approximate surface area is 225 Å². The topological polar surface area (TPSA) is 161 Å². The fraction of sp³-hybridized carbons (Fsp3) is 0.300. The molecule has 0 aromatic heterocycles. The lowest BCUT2D eigenvalue weighted by Gasteiger charge is -2.50. The van der Waals surface area contributed by atoms with Crippen molar-refractivity contribution < 1.29 is 34.8 Å². The number of phenols is 1. The molecular weight excluding hydrogens is 500 g/mol. The van der Waals surface area contributed by atoms with Crippen molar-refractivity contribution in [2.45, 2.75) is 31.4 Å². The van der Waals surface area contributed by atoms with Crippen LogP contribution >= 0.6 is 0 Å². The Bertz CT molecular complexity index is 1550. The first-order valence-electron chi connectivity index (χ1n) is 12.6. The lowest BCUT2D eigenvalue weighted by Crippen LogP contribution is -2.63. The number of aliphatic hydroxyl groups is 3. The average Bonchev–Trinajstić information content (AvgIpc) is 2.86. The Morgan fingerprint density at radius 2 is 1.82 bits per heavy atom. The van der Waals surface area contributed by atoms with Gasteiger partial charge >= 0.3 is 0 Å². The molecule has 3 aliphatic carbocycles. The van der Waals surface area contributed by atoms with Crippen molar-refractivity contribution in [2.75, 3.05) is 14.1 Å². The van der Waals surface area contributed by atoms with Crippen molar-refractivity contribution >= 4 is 23.0 Å². The van der Waals surface area contributed by atoms with Gasteiger partial charge in [0.1, 0.15) is 22.8 Å². The third kappa shape index (κ3) is 3.65. The van der Waals surface area contributed by atoms with E-state index in [0.717, 1.165) is 22.3 Å². The maximum atomic E-state index is 13.9. The van der Waals surface area contributed by atoms with Crippen LogP contribution in [0.5, 0.6) is 5.75 Å². The van der Waals surface area contributed by atoms with Crippen molar-refractivity contribution in [2.24, 2.45) is 17.6 Å². The molecule has 0 heterocycles. The summed E-state index contributed by atoms with van der Waals surface area (Å²) in [4.78, 5) is 40.9. The minimum absolute atomic E-state index is 0.0194. The highest BCUT2D eigenvalue weighted by Gasteiger charge is 2.63. The second-order valence-electron chi connectivity index (χ2n) is 10.8. The van der Waals surface area contributed by atoms with Crippen molar-refractivity contribution in [3.63, 3.8) is 0 Å². The van der Waals surface area contributed by atoms with E-state index in [-0.39, 0.29) is 29.7 Å². The molecule has 2 aromatic rings. The van der Waals surface area contributed by atoms with E-state index in [0.29, 0.717) is 5.56 Å². The second-order valence-corrected chi connectivity index (χ2v) is 10.8. The predicted octanol–water partition coefficient (Wildman–Crippen LogP) is 2.82. The van der Waals surface area contributed by atoms with Gasteiger partial charge in [0.05, 0.1) is 11.6 Å². The number of rotatable bonds is 4. The summed E-state index contributed by atoms with van der Waals surface area (Å²) in [5.41, 5.74) is 5.57. The van der Waals surface area contributed by atoms with Gasteiger partial charge in [-0.2, -0.15) is 0 Å². The van der Waals surface area contributed by atoms with Crippen LogP contribution in [0.2, 0.25) is 0 Å². The zero-order chi connectivity index (χ0) is 28.5. The number of aliphatic hydroxyl groups excluding tert-OH is 2. The minimum Gasteiger partial charge on any atom is -0.510 e. The SMILES string of the molecule is C=C(C)c1cccc(-c2ccc(O)c3c2C[C@H]2C[C@H]4[C@H](N(C)C)C(O)=C(C(N)=O)C(=O)C4(O)C(O)=C2C3=O)c1. The van der Waals surface area contributed by atoms with E-state index in [1.165, 1.54) is 11.0 Å². The lowest BCUT2D eigenvalue weighted by molar-refractivity contribution is -0.148. The van der Waals surface area contributed by atoms with Gasteiger partial charge in [-0.3, -0.25) is 19.3 Å². The third-order valence-corrected chi connectivity index (χ3v) is 8.27. The molecule has 3 aliphatic rings. The Kier molecular flexibility index (Phi) is 6.04. The molecule has 1 amide bonds. The first-order valence-corrected chi connectivity index (χ1v) is 12.6. The molecule has 9 nitrogen and oxygen atoms in total. The number of likely N-dealkylation sites (N-methyl/N-ethyl adjacent to an activating group) is 1. The van der Waals surface area contributed by atoms with E-state index >= 15 is 0 Å². The van der Waals surface area contributed by atoms with Crippen molar-refractivity contribution in [1.82, 2.24) is 4.90 Å². The fourth-order valence-corrected chi connectivity index (χ4v) is 6.47. The zero-order valence-corrected chi connectivity index (χ0v) is 21.9. The Morgan fingerprint density at radius 3 is 2.44 bits per heavy atom. The van der Waals surface area contributed by atoms with Gasteiger partial charge in [0, 0.05) is 11.5 Å². The standard InChI is InChI=1S/C30H30N2O7/c1-13(2)14-6-5-7-15(10-14)17-8-9-20(33)22-18(17)11-16-12-19-24(32(3)4)26(35)23(29(31)38)28(37)30(19,39)27(36)21(16)25(22)34/h5-10,16,19,24,33,35-36,39H,1,11-12H2,2-4H3,(H2,31,38)/t16-,19-,24-,30?/m0/s1. The number of benzene rings is 2. The van der Waals surface area contributed by atoms with Crippen molar-refractivity contribution in [1.29, 1.82) is 0 Å². The molecule has 0 saturated carbocycles. The fourth-order valence-electron chi connectivity index (χ4n) is 6.47. The highest BCUT2D eigenvalue weighted by Crippen LogP contribution is 2.53. The number of hydrogen-bond donors (Lipinski definition) is 5. The molecule has 39 heavy (non-hydrogen) atoms. The number of aromatic hydroxyl groups is 1. The van der Waals surface area contributed by atoms with Crippen LogP contribution in [0.1, 0.15) is 34.8 Å². The van der Waals surface area contributed by atoms with Gasteiger partial charge < -0.3 is 26.2 Å². The van der Waals surface area contributed by atoms with E-state index in [1.54, 1.807) is 20.2 Å². The number of allylic oxidation sites excluding steroid dienone is 2. The average molecular weight is 531 g/mol. The quantitative estimate of drug-likeness (QED) is 0.377. The summed E-state index contributed by atoms with van der Waals surface area (Å²) in [5.74, 6) is -6.70. The summed E-state index contributed by atoms with van der Waals surface area (Å²) in [5, 5.41) is 44.8. The molecule has 1 unspecified atom stereocenters. The van der Waals surface area contributed by atoms with Crippen LogP contribution in [0.4, 0.5) is 0 Å². The molecule has 0 radical (unpaired) electrons. The number of hydrogen-bond acceptors (Lipinski definition) is 8. The third-order valence-electron chi connectivity index (χ3n) is 8.27. The van der Waals surface area contributed by atoms with Crippen LogP contribution in [0.25, 0.3) is 16.7 Å². The Hall–Kier alpha value is -4.21. The number of amides is 1. The Balaban J connectivity index is 1.72. The number of nitrogens with zero attached hydrogens (tertiary/aromatic N) is 1. The molecule has 0 aliphatic heterocycles. The lowest BCUT2D eigenvalue weighted by atomic mass is 9.58. The summed E-state index contributed by atoms with van der Waals surface area (Å²) in [7, 11) is 3.19. The predicted molar refractivity (Wildman–Crippen MR) is 144 cm³/mol. The van der Waals surface area contributed by atoms with Gasteiger partial charge in [-0.25, -0.2) is 0 Å². The highest BCUT2D eigenvalue weighted by atomic mass is 16.3. The molecule has 0 saturated heterocycles. The van der Waals surface area contributed by atoms with E-state index in [4.69, 9.17) is 5.73 Å². The van der Waals surface area contributed by atoms with E-state index < -0.39 is 58.0 Å². The number of carbonyl (C=O) groups excluding carboxylic acids is 3. The maximum absolute atomic E-state index is 13.9. The van der Waals surface area contributed by atoms with Crippen molar-refractivity contribution in [3.8, 4) is 16.9 Å². The van der Waals surface area contributed by atoms with Gasteiger partial charge in [-0.1, -0.05) is 36.4 Å². The largest absolute Gasteiger partial charge is 0.510 e. The van der Waals surface area contributed by atoms with Crippen LogP contribution in [0.15, 0.2) is 65.6 Å². The summed E-state index contributed by atoms with van der Waals surface area (Å²) in [6.07, 6.45) is 0.252. The van der Waals surface area contributed by atoms with Gasteiger partial charge in [-0.15, -0.1) is 0 Å². The molecule has 202 valence electrons. The number of carbonyl (C=O) groups is 3. The minimum atomic E-state index is -2.66. The van der Waals surface area contributed by atoms with Crippen LogP contribution < -0.4 is 5.73 Å². The van der Waals surface area contributed by atoms with Crippen molar-refractivity contribution in [3.05, 3.63) is 82.3 Å². The second kappa shape index (κ2) is 8.93. The van der Waals surface area contributed by atoms with Gasteiger partial charge in [0.15, 0.2) is 11.4 Å². The smallest absolute Gasteiger partial charge is 0.255 e. The summed E-state index contributed by atoms with van der Waals surface area (Å²) >= 11 is 0. The first kappa shape index (κ1) is 26.4. The molecular formula is C30H30N2O7. The number of Topliss-reactive ketones (excluding diaryl/α,β-unsaturated/α-hetero) is 2. The maximum Gasteiger partial charge on any atom is 0.255 e. The van der Waals surface area contributed by atoms with E-state index in [1.807, 2.05) is 31.2 Å². The molecule has 0 bridgehead atoms. The van der Waals surface area contributed by atoms with Crippen LogP contribution in [-0.4, -0.2) is 68.5 Å². The molecule has 0 fully saturated rings. The van der Waals surface area contributed by atoms with E-state index in [9.17, 15) is 34.8 Å². The molecule has 0 spiro atoms. The molecule has 2 aromatic carbocycles. The number of nitrogens with two attached hydrogens (primary N) is 1. The Morgan fingerprint density at radius 1 is 1.13 bits per heavy atom. The van der Waals surface area contributed by atoms with Crippen LogP contribution in [0.3, 0.4) is 0 Å². The van der Waals surface area contributed by atoms with Gasteiger partial charge in [0.25, 0.3) is 5.91 Å². The normalized spacial score (nSPS) is 26.3. The number of fused-ring (bicyclic) bond motifs is 3. The van der Waals surface area contributed by atoms with E-state index in [2.05, 4.69) is 6.58 Å². The summed E-state index contributed by atoms with van der Waals surface area (Å²) in [6.45, 7) is 5.88. The summed E-state index contributed by atoms with van der Waals surface area (Å²) in [6, 6.07) is 9.73. The summed E-state index contributed by atoms with van der Waals surface area (Å²) < 4.78 is 0.